The van der Waals surface area contributed by atoms with Crippen LogP contribution in [0.1, 0.15) is 41.3 Å². The van der Waals surface area contributed by atoms with Gasteiger partial charge in [0.05, 0.1) is 4.90 Å². The zero-order chi connectivity index (χ0) is 20.2. The molecule has 0 radical (unpaired) electrons. The molecule has 0 aliphatic carbocycles. The van der Waals surface area contributed by atoms with E-state index in [-0.39, 0.29) is 15.6 Å². The van der Waals surface area contributed by atoms with Crippen LogP contribution in [-0.4, -0.2) is 25.7 Å². The Bertz CT molecular complexity index is 953. The predicted octanol–water partition coefficient (Wildman–Crippen LogP) is 3.15. The molecule has 6 nitrogen and oxygen atoms in total. The van der Waals surface area contributed by atoms with Crippen molar-refractivity contribution in [2.24, 2.45) is 0 Å². The Morgan fingerprint density at radius 3 is 2.22 bits per heavy atom. The van der Waals surface area contributed by atoms with Crippen molar-refractivity contribution >= 4 is 38.8 Å². The molecule has 3 N–H and O–H groups in total. The lowest BCUT2D eigenvalue weighted by molar-refractivity contribution is 0.0943. The summed E-state index contributed by atoms with van der Waals surface area (Å²) in [6, 6.07) is 12.3. The number of carbonyl (C=O) groups excluding carboxylic acids is 1. The highest BCUT2D eigenvalue weighted by atomic mass is 32.2. The summed E-state index contributed by atoms with van der Waals surface area (Å²) in [6.07, 6.45) is 1.10. The summed E-state index contributed by atoms with van der Waals surface area (Å²) >= 11 is 5.17. The van der Waals surface area contributed by atoms with Crippen LogP contribution < -0.4 is 16.2 Å². The molecule has 0 saturated heterocycles. The minimum absolute atomic E-state index is 0.0872. The van der Waals surface area contributed by atoms with E-state index in [0.29, 0.717) is 11.5 Å². The molecular weight excluding hydrogens is 382 g/mol. The first-order valence-corrected chi connectivity index (χ1v) is 10.7. The van der Waals surface area contributed by atoms with Crippen LogP contribution in [0, 0.1) is 6.92 Å². The molecule has 8 heteroatoms. The van der Waals surface area contributed by atoms with Gasteiger partial charge >= 0.3 is 0 Å². The van der Waals surface area contributed by atoms with Crippen LogP contribution >= 0.6 is 12.2 Å². The lowest BCUT2D eigenvalue weighted by Crippen LogP contribution is -2.44. The van der Waals surface area contributed by atoms with E-state index in [1.54, 1.807) is 13.0 Å². The van der Waals surface area contributed by atoms with Crippen LogP contribution in [0.5, 0.6) is 0 Å². The molecule has 0 heterocycles. The summed E-state index contributed by atoms with van der Waals surface area (Å²) in [7, 11) is -3.40. The Morgan fingerprint density at radius 2 is 1.67 bits per heavy atom. The first-order chi connectivity index (χ1) is 12.6. The normalized spacial score (nSPS) is 11.1. The average Bonchev–Trinajstić information content (AvgIpc) is 2.59. The summed E-state index contributed by atoms with van der Waals surface area (Å²) in [5, 5.41) is 3.19. The fourth-order valence-electron chi connectivity index (χ4n) is 2.37. The molecule has 0 fully saturated rings. The standard InChI is InChI=1S/C19H23N3O3S2/c1-12(2)14-6-8-15(9-7-14)20-19(26)22-21-18(23)17-11-16(27(4,24)25)10-5-13(17)3/h5-12H,1-4H3,(H,21,23)(H2,20,22,26). The summed E-state index contributed by atoms with van der Waals surface area (Å²) in [5.41, 5.74) is 8.03. The van der Waals surface area contributed by atoms with Gasteiger partial charge in [0.1, 0.15) is 0 Å². The molecule has 27 heavy (non-hydrogen) atoms. The van der Waals surface area contributed by atoms with E-state index in [0.717, 1.165) is 11.9 Å². The van der Waals surface area contributed by atoms with Crippen molar-refractivity contribution in [1.29, 1.82) is 0 Å². The van der Waals surface area contributed by atoms with Crippen molar-refractivity contribution in [3.05, 3.63) is 59.2 Å². The second-order valence-corrected chi connectivity index (χ2v) is 8.98. The summed E-state index contributed by atoms with van der Waals surface area (Å²) in [6.45, 7) is 5.96. The van der Waals surface area contributed by atoms with Gasteiger partial charge in [-0.1, -0.05) is 32.0 Å². The van der Waals surface area contributed by atoms with Gasteiger partial charge in [0.2, 0.25) is 0 Å². The maximum absolute atomic E-state index is 12.4. The number of sulfone groups is 1. The number of hydrogen-bond donors (Lipinski definition) is 3. The van der Waals surface area contributed by atoms with E-state index in [1.165, 1.54) is 17.7 Å². The molecule has 2 rings (SSSR count). The van der Waals surface area contributed by atoms with E-state index in [4.69, 9.17) is 12.2 Å². The maximum Gasteiger partial charge on any atom is 0.269 e. The molecule has 0 unspecified atom stereocenters. The van der Waals surface area contributed by atoms with Crippen LogP contribution in [0.3, 0.4) is 0 Å². The Hall–Kier alpha value is -2.45. The minimum Gasteiger partial charge on any atom is -0.331 e. The van der Waals surface area contributed by atoms with Gasteiger partial charge in [0.25, 0.3) is 5.91 Å². The third-order valence-electron chi connectivity index (χ3n) is 4.01. The third kappa shape index (κ3) is 5.77. The van der Waals surface area contributed by atoms with Crippen molar-refractivity contribution in [3.8, 4) is 0 Å². The number of thiocarbonyl (C=S) groups is 1. The van der Waals surface area contributed by atoms with E-state index < -0.39 is 15.7 Å². The van der Waals surface area contributed by atoms with Crippen LogP contribution in [0.4, 0.5) is 5.69 Å². The smallest absolute Gasteiger partial charge is 0.269 e. The molecule has 0 aliphatic rings. The number of nitrogens with one attached hydrogen (secondary N) is 3. The molecule has 0 spiro atoms. The average molecular weight is 406 g/mol. The van der Waals surface area contributed by atoms with Gasteiger partial charge in [0, 0.05) is 17.5 Å². The minimum atomic E-state index is -3.40. The van der Waals surface area contributed by atoms with E-state index in [2.05, 4.69) is 30.0 Å². The highest BCUT2D eigenvalue weighted by Crippen LogP contribution is 2.17. The number of rotatable bonds is 4. The van der Waals surface area contributed by atoms with Gasteiger partial charge in [-0.2, -0.15) is 0 Å². The summed E-state index contributed by atoms with van der Waals surface area (Å²) < 4.78 is 23.4. The first kappa shape index (κ1) is 20.9. The molecule has 2 aromatic rings. The van der Waals surface area contributed by atoms with Crippen molar-refractivity contribution in [1.82, 2.24) is 10.9 Å². The van der Waals surface area contributed by atoms with E-state index in [9.17, 15) is 13.2 Å². The number of aryl methyl sites for hydroxylation is 1. The molecule has 0 saturated carbocycles. The van der Waals surface area contributed by atoms with Gasteiger partial charge in [-0.3, -0.25) is 15.6 Å². The predicted molar refractivity (Wildman–Crippen MR) is 112 cm³/mol. The third-order valence-corrected chi connectivity index (χ3v) is 5.32. The molecule has 144 valence electrons. The topological polar surface area (TPSA) is 87.3 Å². The van der Waals surface area contributed by atoms with Crippen molar-refractivity contribution in [3.63, 3.8) is 0 Å². The quantitative estimate of drug-likeness (QED) is 0.535. The van der Waals surface area contributed by atoms with Crippen LogP contribution in [0.25, 0.3) is 0 Å². The second kappa shape index (κ2) is 8.49. The van der Waals surface area contributed by atoms with Crippen molar-refractivity contribution in [2.75, 3.05) is 11.6 Å². The first-order valence-electron chi connectivity index (χ1n) is 8.36. The maximum atomic E-state index is 12.4. The van der Waals surface area contributed by atoms with Crippen molar-refractivity contribution < 1.29 is 13.2 Å². The lowest BCUT2D eigenvalue weighted by Gasteiger charge is -2.14. The van der Waals surface area contributed by atoms with Gasteiger partial charge in [0.15, 0.2) is 14.9 Å². The number of hydrogen-bond acceptors (Lipinski definition) is 4. The molecule has 2 aromatic carbocycles. The van der Waals surface area contributed by atoms with E-state index >= 15 is 0 Å². The Morgan fingerprint density at radius 1 is 1.04 bits per heavy atom. The van der Waals surface area contributed by atoms with Crippen molar-refractivity contribution in [2.45, 2.75) is 31.6 Å². The SMILES string of the molecule is Cc1ccc(S(C)(=O)=O)cc1C(=O)NNC(=S)Nc1ccc(C(C)C)cc1. The number of amides is 1. The summed E-state index contributed by atoms with van der Waals surface area (Å²) in [4.78, 5) is 12.5. The Labute approximate surface area is 165 Å². The lowest BCUT2D eigenvalue weighted by atomic mass is 10.0. The van der Waals surface area contributed by atoms with Crippen LogP contribution in [-0.2, 0) is 9.84 Å². The monoisotopic (exact) mass is 405 g/mol. The fraction of sp³-hybridized carbons (Fsp3) is 0.263. The van der Waals surface area contributed by atoms with Gasteiger partial charge in [-0.25, -0.2) is 8.42 Å². The second-order valence-electron chi connectivity index (χ2n) is 6.56. The highest BCUT2D eigenvalue weighted by molar-refractivity contribution is 7.90. The van der Waals surface area contributed by atoms with Crippen LogP contribution in [0.15, 0.2) is 47.4 Å². The fourth-order valence-corrected chi connectivity index (χ4v) is 3.19. The van der Waals surface area contributed by atoms with Gasteiger partial charge < -0.3 is 5.32 Å². The van der Waals surface area contributed by atoms with Gasteiger partial charge in [-0.15, -0.1) is 0 Å². The van der Waals surface area contributed by atoms with Gasteiger partial charge in [-0.05, 0) is 60.5 Å². The molecular formula is C19H23N3O3S2. The Balaban J connectivity index is 2.00. The largest absolute Gasteiger partial charge is 0.331 e. The zero-order valence-corrected chi connectivity index (χ0v) is 17.3. The zero-order valence-electron chi connectivity index (χ0n) is 15.7. The molecule has 1 amide bonds. The molecule has 0 atom stereocenters. The molecule has 0 bridgehead atoms. The van der Waals surface area contributed by atoms with Crippen LogP contribution in [0.2, 0.25) is 0 Å². The van der Waals surface area contributed by atoms with E-state index in [1.807, 2.05) is 24.3 Å². The molecule has 0 aliphatic heterocycles. The number of anilines is 1. The Kier molecular flexibility index (Phi) is 6.56. The highest BCUT2D eigenvalue weighted by Gasteiger charge is 2.14. The number of carbonyl (C=O) groups is 1. The number of benzene rings is 2. The summed E-state index contributed by atoms with van der Waals surface area (Å²) in [5.74, 6) is -0.0355. The molecule has 0 aromatic heterocycles. The number of hydrazine groups is 1.